The van der Waals surface area contributed by atoms with Crippen molar-refractivity contribution in [2.45, 2.75) is 40.5 Å². The van der Waals surface area contributed by atoms with Crippen LogP contribution in [0.25, 0.3) is 0 Å². The largest absolute Gasteiger partial charge is 0.0992 e. The van der Waals surface area contributed by atoms with Crippen LogP contribution in [0.3, 0.4) is 0 Å². The fourth-order valence-corrected chi connectivity index (χ4v) is 1.62. The molecule has 0 heteroatoms. The van der Waals surface area contributed by atoms with Crippen LogP contribution in [0.2, 0.25) is 0 Å². The van der Waals surface area contributed by atoms with Crippen LogP contribution in [0.4, 0.5) is 0 Å². The Bertz CT molecular complexity index is 269. The van der Waals surface area contributed by atoms with Gasteiger partial charge in [-0.05, 0) is 30.8 Å². The fraction of sp³-hybridized carbons (Fsp3) is 0.538. The number of allylic oxidation sites excluding steroid dienone is 5. The van der Waals surface area contributed by atoms with Crippen molar-refractivity contribution in [2.24, 2.45) is 5.41 Å². The zero-order valence-corrected chi connectivity index (χ0v) is 9.28. The Kier molecular flexibility index (Phi) is 2.80. The molecule has 0 nitrogen and oxygen atoms in total. The van der Waals surface area contributed by atoms with Gasteiger partial charge in [0.1, 0.15) is 0 Å². The van der Waals surface area contributed by atoms with Crippen LogP contribution in [0, 0.1) is 5.41 Å². The van der Waals surface area contributed by atoms with Gasteiger partial charge in [0.05, 0.1) is 0 Å². The number of hydrogen-bond acceptors (Lipinski definition) is 0. The summed E-state index contributed by atoms with van der Waals surface area (Å²) in [6.07, 6.45) is 6.74. The summed E-state index contributed by atoms with van der Waals surface area (Å²) in [5.74, 6) is 0. The summed E-state index contributed by atoms with van der Waals surface area (Å²) < 4.78 is 0. The van der Waals surface area contributed by atoms with E-state index in [1.165, 1.54) is 16.7 Å². The van der Waals surface area contributed by atoms with Crippen molar-refractivity contribution in [2.75, 3.05) is 0 Å². The van der Waals surface area contributed by atoms with E-state index < -0.39 is 0 Å². The van der Waals surface area contributed by atoms with E-state index in [1.54, 1.807) is 0 Å². The molecule has 1 aliphatic rings. The Labute approximate surface area is 82.0 Å². The van der Waals surface area contributed by atoms with Gasteiger partial charge in [-0.3, -0.25) is 0 Å². The maximum atomic E-state index is 4.06. The minimum absolute atomic E-state index is 0.270. The Hall–Kier alpha value is -0.780. The molecule has 0 unspecified atom stereocenters. The molecule has 0 heterocycles. The molecule has 0 amide bonds. The van der Waals surface area contributed by atoms with E-state index in [-0.39, 0.29) is 5.41 Å². The minimum Gasteiger partial charge on any atom is -0.0992 e. The van der Waals surface area contributed by atoms with Gasteiger partial charge in [0.15, 0.2) is 0 Å². The van der Waals surface area contributed by atoms with Crippen LogP contribution < -0.4 is 0 Å². The molecule has 0 bridgehead atoms. The average molecular weight is 176 g/mol. The van der Waals surface area contributed by atoms with E-state index in [4.69, 9.17) is 0 Å². The smallest absolute Gasteiger partial charge is 0.0108 e. The molecule has 1 rings (SSSR count). The second-order valence-corrected chi connectivity index (χ2v) is 5.03. The van der Waals surface area contributed by atoms with Gasteiger partial charge in [0.25, 0.3) is 0 Å². The highest BCUT2D eigenvalue weighted by Gasteiger charge is 2.16. The summed E-state index contributed by atoms with van der Waals surface area (Å²) in [5, 5.41) is 0. The molecule has 0 aliphatic heterocycles. The highest BCUT2D eigenvalue weighted by atomic mass is 14.2. The summed E-state index contributed by atoms with van der Waals surface area (Å²) in [4.78, 5) is 0. The third-order valence-electron chi connectivity index (χ3n) is 2.41. The van der Waals surface area contributed by atoms with Crippen molar-refractivity contribution in [3.05, 3.63) is 35.5 Å². The molecule has 72 valence electrons. The van der Waals surface area contributed by atoms with Crippen LogP contribution in [-0.2, 0) is 0 Å². The lowest BCUT2D eigenvalue weighted by atomic mass is 9.85. The molecule has 0 saturated carbocycles. The quantitative estimate of drug-likeness (QED) is 0.484. The first-order valence-corrected chi connectivity index (χ1v) is 4.94. The SMILES string of the molecule is C=C1CC=C(C(C)(C)C)C=C(C)C1. The lowest BCUT2D eigenvalue weighted by Crippen LogP contribution is -2.07. The Morgan fingerprint density at radius 2 is 1.92 bits per heavy atom. The molecule has 0 atom stereocenters. The van der Waals surface area contributed by atoms with Crippen LogP contribution in [0.5, 0.6) is 0 Å². The Morgan fingerprint density at radius 3 is 2.46 bits per heavy atom. The second kappa shape index (κ2) is 3.53. The van der Waals surface area contributed by atoms with Gasteiger partial charge in [0.2, 0.25) is 0 Å². The normalized spacial score (nSPS) is 19.2. The van der Waals surface area contributed by atoms with Gasteiger partial charge in [0, 0.05) is 0 Å². The first-order chi connectivity index (χ1) is 5.89. The maximum Gasteiger partial charge on any atom is -0.0108 e. The van der Waals surface area contributed by atoms with Gasteiger partial charge in [-0.15, -0.1) is 0 Å². The molecular formula is C13H20. The van der Waals surface area contributed by atoms with Crippen molar-refractivity contribution >= 4 is 0 Å². The number of hydrogen-bond donors (Lipinski definition) is 0. The first-order valence-electron chi connectivity index (χ1n) is 4.94. The van der Waals surface area contributed by atoms with Crippen LogP contribution in [0.15, 0.2) is 35.5 Å². The topological polar surface area (TPSA) is 0 Å². The van der Waals surface area contributed by atoms with Crippen LogP contribution >= 0.6 is 0 Å². The highest BCUT2D eigenvalue weighted by Crippen LogP contribution is 2.31. The Balaban J connectivity index is 2.97. The molecule has 0 saturated heterocycles. The van der Waals surface area contributed by atoms with E-state index in [9.17, 15) is 0 Å². The minimum atomic E-state index is 0.270. The van der Waals surface area contributed by atoms with E-state index in [0.29, 0.717) is 0 Å². The third kappa shape index (κ3) is 2.87. The average Bonchev–Trinajstić information content (AvgIpc) is 2.09. The molecular weight excluding hydrogens is 156 g/mol. The first kappa shape index (κ1) is 10.3. The van der Waals surface area contributed by atoms with E-state index in [2.05, 4.69) is 46.4 Å². The lowest BCUT2D eigenvalue weighted by Gasteiger charge is -2.20. The third-order valence-corrected chi connectivity index (χ3v) is 2.41. The monoisotopic (exact) mass is 176 g/mol. The summed E-state index contributed by atoms with van der Waals surface area (Å²) in [5.41, 5.74) is 4.48. The molecule has 13 heavy (non-hydrogen) atoms. The van der Waals surface area contributed by atoms with Crippen molar-refractivity contribution in [3.8, 4) is 0 Å². The predicted molar refractivity (Wildman–Crippen MR) is 59.7 cm³/mol. The van der Waals surface area contributed by atoms with Crippen molar-refractivity contribution in [3.63, 3.8) is 0 Å². The highest BCUT2D eigenvalue weighted by molar-refractivity contribution is 5.33. The molecule has 1 aliphatic carbocycles. The standard InChI is InChI=1S/C13H20/c1-10-6-7-12(13(3,4)5)9-11(2)8-10/h7,9H,1,6,8H2,2-5H3. The summed E-state index contributed by atoms with van der Waals surface area (Å²) >= 11 is 0. The maximum absolute atomic E-state index is 4.06. The van der Waals surface area contributed by atoms with Gasteiger partial charge < -0.3 is 0 Å². The fourth-order valence-electron chi connectivity index (χ4n) is 1.62. The molecule has 0 N–H and O–H groups in total. The van der Waals surface area contributed by atoms with Gasteiger partial charge in [-0.1, -0.05) is 50.6 Å². The van der Waals surface area contributed by atoms with Gasteiger partial charge >= 0.3 is 0 Å². The van der Waals surface area contributed by atoms with E-state index in [1.807, 2.05) is 0 Å². The van der Waals surface area contributed by atoms with E-state index >= 15 is 0 Å². The zero-order chi connectivity index (χ0) is 10.1. The molecule has 0 aromatic rings. The second-order valence-electron chi connectivity index (χ2n) is 5.03. The molecule has 0 fully saturated rings. The predicted octanol–water partition coefficient (Wildman–Crippen LogP) is 4.26. The summed E-state index contributed by atoms with van der Waals surface area (Å²) in [6, 6.07) is 0. The van der Waals surface area contributed by atoms with Gasteiger partial charge in [-0.2, -0.15) is 0 Å². The molecule has 0 radical (unpaired) electrons. The van der Waals surface area contributed by atoms with Gasteiger partial charge in [-0.25, -0.2) is 0 Å². The lowest BCUT2D eigenvalue weighted by molar-refractivity contribution is 0.515. The van der Waals surface area contributed by atoms with E-state index in [0.717, 1.165) is 12.8 Å². The van der Waals surface area contributed by atoms with Crippen LogP contribution in [0.1, 0.15) is 40.5 Å². The summed E-state index contributed by atoms with van der Waals surface area (Å²) in [7, 11) is 0. The Morgan fingerprint density at radius 1 is 1.31 bits per heavy atom. The molecule has 0 spiro atoms. The zero-order valence-electron chi connectivity index (χ0n) is 9.28. The van der Waals surface area contributed by atoms with Crippen molar-refractivity contribution < 1.29 is 0 Å². The molecule has 0 aromatic carbocycles. The number of rotatable bonds is 0. The van der Waals surface area contributed by atoms with Crippen LogP contribution in [-0.4, -0.2) is 0 Å². The van der Waals surface area contributed by atoms with Crippen molar-refractivity contribution in [1.82, 2.24) is 0 Å². The summed E-state index contributed by atoms with van der Waals surface area (Å²) in [6.45, 7) is 13.0. The van der Waals surface area contributed by atoms with Crippen molar-refractivity contribution in [1.29, 1.82) is 0 Å². The molecule has 0 aromatic heterocycles.